The molecule has 0 saturated carbocycles. The van der Waals surface area contributed by atoms with E-state index in [1.165, 1.54) is 12.0 Å². The van der Waals surface area contributed by atoms with Crippen molar-refractivity contribution < 1.29 is 0 Å². The Hall–Kier alpha value is -0.216. The van der Waals surface area contributed by atoms with Gasteiger partial charge in [0.2, 0.25) is 0 Å². The zero-order valence-electron chi connectivity index (χ0n) is 13.6. The van der Waals surface area contributed by atoms with Crippen molar-refractivity contribution in [2.24, 2.45) is 5.41 Å². The minimum atomic E-state index is -0.702. The van der Waals surface area contributed by atoms with Gasteiger partial charge in [0.15, 0.2) is 0 Å². The molecule has 0 aromatic rings. The predicted octanol–water partition coefficient (Wildman–Crippen LogP) is 4.46. The third kappa shape index (κ3) is 3.21. The lowest BCUT2D eigenvalue weighted by Crippen LogP contribution is -2.44. The van der Waals surface area contributed by atoms with Crippen molar-refractivity contribution in [3.63, 3.8) is 0 Å². The molecule has 1 aliphatic heterocycles. The van der Waals surface area contributed by atoms with Gasteiger partial charge in [0.1, 0.15) is 0 Å². The molecule has 0 radical (unpaired) electrons. The molecule has 0 N–H and O–H groups in total. The van der Waals surface area contributed by atoms with Gasteiger partial charge in [0, 0.05) is 0 Å². The molecule has 0 spiro atoms. The van der Waals surface area contributed by atoms with Crippen LogP contribution in [0, 0.1) is 5.41 Å². The van der Waals surface area contributed by atoms with E-state index in [0.29, 0.717) is 5.41 Å². The molecule has 2 heteroatoms. The van der Waals surface area contributed by atoms with Crippen molar-refractivity contribution in [2.75, 3.05) is 0 Å². The van der Waals surface area contributed by atoms with Crippen LogP contribution in [0.4, 0.5) is 0 Å². The SMILES string of the molecule is C=[Si](C)[SiH]1C(C)=C(C(C)=C(C)C)C1CC(C)(C)C. The standard InChI is InChI=1S/C16H30Si2/c1-11(2)12(3)15-13(4)18(17(8)9)14(15)10-16(5,6)7/h14,18H,8,10H2,1-7,9H3. The summed E-state index contributed by atoms with van der Waals surface area (Å²) < 4.78 is 0. The quantitative estimate of drug-likeness (QED) is 0.669. The molecule has 1 aliphatic rings. The van der Waals surface area contributed by atoms with Crippen molar-refractivity contribution in [3.05, 3.63) is 21.9 Å². The van der Waals surface area contributed by atoms with E-state index in [4.69, 9.17) is 0 Å². The van der Waals surface area contributed by atoms with Gasteiger partial charge in [0.05, 0.1) is 8.31 Å². The summed E-state index contributed by atoms with van der Waals surface area (Å²) in [6, 6.07) is 0. The molecule has 2 atom stereocenters. The Bertz CT molecular complexity index is 415. The summed E-state index contributed by atoms with van der Waals surface area (Å²) in [6.07, 6.45) is 5.80. The van der Waals surface area contributed by atoms with Crippen LogP contribution < -0.4 is 0 Å². The Balaban J connectivity index is 3.14. The number of hydrogen-bond donors (Lipinski definition) is 0. The zero-order chi connectivity index (χ0) is 14.2. The van der Waals surface area contributed by atoms with Crippen LogP contribution in [0.1, 0.15) is 54.9 Å². The molecule has 0 aromatic heterocycles. The third-order valence-electron chi connectivity index (χ3n) is 4.18. The van der Waals surface area contributed by atoms with E-state index < -0.39 is 8.31 Å². The molecule has 0 bridgehead atoms. The number of rotatable bonds is 3. The third-order valence-corrected chi connectivity index (χ3v) is 13.6. The van der Waals surface area contributed by atoms with Crippen molar-refractivity contribution in [1.82, 2.24) is 0 Å². The molecular formula is C16H30Si2. The fraction of sp³-hybridized carbons (Fsp3) is 0.688. The maximum absolute atomic E-state index is 4.44. The summed E-state index contributed by atoms with van der Waals surface area (Å²) in [7, 11) is -1.03. The maximum atomic E-state index is 4.44. The summed E-state index contributed by atoms with van der Waals surface area (Å²) in [5.41, 5.74) is 6.12. The first-order valence-corrected chi connectivity index (χ1v) is 12.3. The molecule has 0 amide bonds. The fourth-order valence-electron chi connectivity index (χ4n) is 3.27. The van der Waals surface area contributed by atoms with E-state index in [1.54, 1.807) is 16.3 Å². The lowest BCUT2D eigenvalue weighted by Gasteiger charge is -2.44. The Morgan fingerprint density at radius 2 is 1.78 bits per heavy atom. The summed E-state index contributed by atoms with van der Waals surface area (Å²) >= 11 is 0. The highest BCUT2D eigenvalue weighted by Gasteiger charge is 2.41. The van der Waals surface area contributed by atoms with Crippen molar-refractivity contribution >= 4 is 22.4 Å². The predicted molar refractivity (Wildman–Crippen MR) is 90.5 cm³/mol. The second kappa shape index (κ2) is 5.42. The van der Waals surface area contributed by atoms with Crippen LogP contribution in [0.5, 0.6) is 0 Å². The summed E-state index contributed by atoms with van der Waals surface area (Å²) in [5.74, 6) is 0. The molecule has 2 unspecified atom stereocenters. The maximum Gasteiger partial charge on any atom is 0.0821 e. The Labute approximate surface area is 117 Å². The second-order valence-electron chi connectivity index (χ2n) is 7.42. The molecule has 0 fully saturated rings. The van der Waals surface area contributed by atoms with Gasteiger partial charge in [-0.2, -0.15) is 0 Å². The molecule has 0 aliphatic carbocycles. The fourth-order valence-corrected chi connectivity index (χ4v) is 13.2. The van der Waals surface area contributed by atoms with Crippen molar-refractivity contribution in [1.29, 1.82) is 0 Å². The summed E-state index contributed by atoms with van der Waals surface area (Å²) in [4.78, 5) is 0. The molecule has 0 saturated heterocycles. The average Bonchev–Trinajstić information content (AvgIpc) is 2.13. The largest absolute Gasteiger partial charge is 0.121 e. The van der Waals surface area contributed by atoms with Crippen molar-refractivity contribution in [3.8, 4) is 0 Å². The van der Waals surface area contributed by atoms with Gasteiger partial charge in [-0.25, -0.2) is 0 Å². The van der Waals surface area contributed by atoms with Gasteiger partial charge in [-0.05, 0) is 64.1 Å². The number of allylic oxidation sites excluding steroid dienone is 4. The molecular weight excluding hydrogens is 248 g/mol. The zero-order valence-corrected chi connectivity index (χ0v) is 15.7. The summed E-state index contributed by atoms with van der Waals surface area (Å²) in [5, 5.41) is 1.77. The lowest BCUT2D eigenvalue weighted by atomic mass is 9.85. The Morgan fingerprint density at radius 3 is 2.11 bits per heavy atom. The second-order valence-corrected chi connectivity index (χ2v) is 16.6. The highest BCUT2D eigenvalue weighted by atomic mass is 29.2. The number of hydrogen-bond acceptors (Lipinski definition) is 0. The molecule has 0 nitrogen and oxygen atoms in total. The lowest BCUT2D eigenvalue weighted by molar-refractivity contribution is 0.374. The van der Waals surface area contributed by atoms with Crippen LogP contribution in [-0.2, 0) is 0 Å². The van der Waals surface area contributed by atoms with Gasteiger partial charge in [0.25, 0.3) is 0 Å². The molecule has 1 rings (SSSR count). The van der Waals surface area contributed by atoms with Gasteiger partial charge in [-0.3, -0.25) is 0 Å². The van der Waals surface area contributed by atoms with Crippen molar-refractivity contribution in [2.45, 2.75) is 67.0 Å². The van der Waals surface area contributed by atoms with Crippen LogP contribution in [0.15, 0.2) is 21.9 Å². The monoisotopic (exact) mass is 278 g/mol. The first-order valence-electron chi connectivity index (χ1n) is 7.06. The highest BCUT2D eigenvalue weighted by Crippen LogP contribution is 2.49. The molecule has 18 heavy (non-hydrogen) atoms. The topological polar surface area (TPSA) is 0 Å². The first-order chi connectivity index (χ1) is 8.06. The highest BCUT2D eigenvalue weighted by molar-refractivity contribution is 7.26. The van der Waals surface area contributed by atoms with Gasteiger partial charge in [-0.15, -0.1) is 6.17 Å². The van der Waals surface area contributed by atoms with Gasteiger partial charge >= 0.3 is 0 Å². The van der Waals surface area contributed by atoms with Crippen LogP contribution in [-0.4, -0.2) is 22.4 Å². The molecule has 102 valence electrons. The van der Waals surface area contributed by atoms with Crippen LogP contribution in [0.3, 0.4) is 0 Å². The van der Waals surface area contributed by atoms with Crippen LogP contribution >= 0.6 is 0 Å². The summed E-state index contributed by atoms with van der Waals surface area (Å²) in [6.45, 7) is 18.8. The minimum Gasteiger partial charge on any atom is -0.121 e. The van der Waals surface area contributed by atoms with E-state index in [2.05, 4.69) is 61.2 Å². The van der Waals surface area contributed by atoms with Crippen LogP contribution in [0.25, 0.3) is 0 Å². The Kier molecular flexibility index (Phi) is 4.77. The van der Waals surface area contributed by atoms with E-state index in [0.717, 1.165) is 5.54 Å². The van der Waals surface area contributed by atoms with E-state index in [1.807, 2.05) is 0 Å². The molecule has 1 heterocycles. The van der Waals surface area contributed by atoms with E-state index in [9.17, 15) is 0 Å². The van der Waals surface area contributed by atoms with Gasteiger partial charge < -0.3 is 0 Å². The minimum absolute atomic E-state index is 0.327. The normalized spacial score (nSPS) is 23.8. The van der Waals surface area contributed by atoms with Gasteiger partial charge in [-0.1, -0.05) is 38.1 Å². The Morgan fingerprint density at radius 1 is 1.28 bits per heavy atom. The van der Waals surface area contributed by atoms with Crippen LogP contribution in [0.2, 0.25) is 12.1 Å². The smallest absolute Gasteiger partial charge is 0.0821 e. The van der Waals surface area contributed by atoms with E-state index in [-0.39, 0.29) is 7.93 Å². The average molecular weight is 279 g/mol. The van der Waals surface area contributed by atoms with E-state index >= 15 is 0 Å². The molecule has 0 aromatic carbocycles. The first kappa shape index (κ1) is 15.8.